The monoisotopic (exact) mass is 320 g/mol. The fourth-order valence-electron chi connectivity index (χ4n) is 1.04. The molecule has 0 bridgehead atoms. The number of aliphatic hydroxyl groups is 1. The molecule has 114 valence electrons. The van der Waals surface area contributed by atoms with Crippen LogP contribution in [0.1, 0.15) is 30.3 Å². The number of esters is 1. The molecule has 0 aromatic carbocycles. The minimum atomic E-state index is -3.00. The molecular formula is C13H20BN4NaO3. The summed E-state index contributed by atoms with van der Waals surface area (Å²) in [5.74, 6) is -0.619. The number of carbonyl (C=O) groups excluding carboxylic acids is 1. The summed E-state index contributed by atoms with van der Waals surface area (Å²) in [7, 11) is -1.70. The van der Waals surface area contributed by atoms with Crippen molar-refractivity contribution >= 4 is 14.2 Å². The molecule has 0 fully saturated rings. The van der Waals surface area contributed by atoms with Crippen LogP contribution in [-0.2, 0) is 11.3 Å². The van der Waals surface area contributed by atoms with Crippen molar-refractivity contribution in [2.24, 2.45) is 0 Å². The maximum absolute atomic E-state index is 10.8. The molecule has 0 spiro atoms. The van der Waals surface area contributed by atoms with Gasteiger partial charge in [0.15, 0.2) is 5.82 Å². The summed E-state index contributed by atoms with van der Waals surface area (Å²) >= 11 is 0. The van der Waals surface area contributed by atoms with Gasteiger partial charge in [-0.05, 0) is 25.0 Å². The number of aryl methyl sites for hydroxylation is 2. The molecule has 0 saturated heterocycles. The fourth-order valence-corrected chi connectivity index (χ4v) is 1.04. The van der Waals surface area contributed by atoms with Crippen molar-refractivity contribution in [3.8, 4) is 0 Å². The first-order valence-electron chi connectivity index (χ1n) is 8.93. The van der Waals surface area contributed by atoms with E-state index < -0.39 is 20.8 Å². The van der Waals surface area contributed by atoms with Crippen molar-refractivity contribution in [3.63, 3.8) is 0 Å². The number of hydrogen-bond acceptors (Lipinski definition) is 7. The van der Waals surface area contributed by atoms with Crippen molar-refractivity contribution in [1.82, 2.24) is 19.9 Å². The van der Waals surface area contributed by atoms with Crippen LogP contribution in [0.15, 0.2) is 24.8 Å². The van der Waals surface area contributed by atoms with E-state index in [0.29, 0.717) is 0 Å². The van der Waals surface area contributed by atoms with Crippen LogP contribution in [0.2, 0.25) is 0 Å². The minimum Gasteiger partial charge on any atom is -0.463 e. The predicted molar refractivity (Wildman–Crippen MR) is 82.1 cm³/mol. The molecular weight excluding hydrogens is 294 g/mol. The second-order valence-corrected chi connectivity index (χ2v) is 3.77. The molecule has 0 radical (unpaired) electrons. The normalized spacial score (nSPS) is 13.5. The molecule has 0 unspecified atom stereocenters. The smallest absolute Gasteiger partial charge is 0.463 e. The summed E-state index contributed by atoms with van der Waals surface area (Å²) in [6.07, 6.45) is 6.05. The standard InChI is InChI=1S/C7H8N2O2.C6H8N2O.BH4.Na/c1-5-3-8-6(9-4-5)7(10)11-2;1-5-2-7-6(4-9)8-3-5;;/h3-4H,1-2H3;2-3,9H,4H2,1H3;1H4;/q;;-1;+1/i;4D2;1D4;. The largest absolute Gasteiger partial charge is 1.00 e. The summed E-state index contributed by atoms with van der Waals surface area (Å²) in [5.41, 5.74) is 1.75. The van der Waals surface area contributed by atoms with Gasteiger partial charge in [-0.25, -0.2) is 30.1 Å². The average molecular weight is 320 g/mol. The van der Waals surface area contributed by atoms with Gasteiger partial charge in [-0.3, -0.25) is 0 Å². The second-order valence-electron chi connectivity index (χ2n) is 3.77. The van der Waals surface area contributed by atoms with Crippen molar-refractivity contribution in [2.45, 2.75) is 20.4 Å². The number of rotatable bonds is 2. The Morgan fingerprint density at radius 2 is 1.64 bits per heavy atom. The van der Waals surface area contributed by atoms with E-state index in [0.717, 1.165) is 11.1 Å². The Balaban J connectivity index is 0. The summed E-state index contributed by atoms with van der Waals surface area (Å²) < 4.78 is 42.1. The van der Waals surface area contributed by atoms with Crippen LogP contribution in [0.4, 0.5) is 0 Å². The molecule has 22 heavy (non-hydrogen) atoms. The topological polar surface area (TPSA) is 98.1 Å². The van der Waals surface area contributed by atoms with Crippen LogP contribution in [0.3, 0.4) is 0 Å². The number of aromatic nitrogens is 4. The first-order chi connectivity index (χ1) is 12.2. The molecule has 0 amide bonds. The molecule has 2 heterocycles. The van der Waals surface area contributed by atoms with E-state index in [1.807, 2.05) is 6.92 Å². The molecule has 7 nitrogen and oxygen atoms in total. The third-order valence-electron chi connectivity index (χ3n) is 2.03. The van der Waals surface area contributed by atoms with Gasteiger partial charge >= 0.3 is 35.5 Å². The van der Waals surface area contributed by atoms with Crippen LogP contribution < -0.4 is 29.6 Å². The molecule has 0 saturated carbocycles. The Morgan fingerprint density at radius 3 is 2.00 bits per heavy atom. The van der Waals surface area contributed by atoms with Gasteiger partial charge < -0.3 is 9.84 Å². The van der Waals surface area contributed by atoms with Gasteiger partial charge in [0.2, 0.25) is 5.82 Å². The first-order valence-corrected chi connectivity index (χ1v) is 5.62. The molecule has 2 aromatic heterocycles. The van der Waals surface area contributed by atoms with Gasteiger partial charge in [-0.1, -0.05) is 8.27 Å². The Morgan fingerprint density at radius 1 is 1.23 bits per heavy atom. The van der Waals surface area contributed by atoms with Gasteiger partial charge in [0, 0.05) is 24.8 Å². The van der Waals surface area contributed by atoms with Crippen molar-refractivity contribution in [2.75, 3.05) is 7.11 Å². The number of hydrogen-bond donors (Lipinski definition) is 1. The van der Waals surface area contributed by atoms with E-state index in [1.54, 1.807) is 19.3 Å². The summed E-state index contributed by atoms with van der Waals surface area (Å²) in [6.45, 7) is 1.20. The SMILES string of the molecule is COC(=O)c1ncc(C)cn1.[2H]C([2H])(O)c1ncc(C)cn1.[2H][B-]([2H])([2H])[2H].[Na+]. The Kier molecular flexibility index (Phi) is 7.29. The first kappa shape index (κ1) is 13.1. The molecule has 1 N–H and O–H groups in total. The van der Waals surface area contributed by atoms with Gasteiger partial charge in [-0.2, -0.15) is 0 Å². The molecule has 9 heteroatoms. The van der Waals surface area contributed by atoms with Crippen molar-refractivity contribution in [3.05, 3.63) is 47.6 Å². The van der Waals surface area contributed by atoms with Gasteiger partial charge in [0.25, 0.3) is 0 Å². The number of methoxy groups -OCH3 is 1. The molecule has 2 rings (SSSR count). The van der Waals surface area contributed by atoms with Gasteiger partial charge in [-0.15, -0.1) is 0 Å². The van der Waals surface area contributed by atoms with Crippen LogP contribution in [-0.4, -0.2) is 51.7 Å². The maximum atomic E-state index is 10.8. The zero-order chi connectivity index (χ0) is 21.3. The third kappa shape index (κ3) is 8.18. The predicted octanol–water partition coefficient (Wildman–Crippen LogP) is -3.60. The quantitative estimate of drug-likeness (QED) is 0.451. The summed E-state index contributed by atoms with van der Waals surface area (Å²) in [5, 5.41) is 8.79. The zero-order valence-corrected chi connectivity index (χ0v) is 14.9. The minimum absolute atomic E-state index is 0. The zero-order valence-electron chi connectivity index (χ0n) is 18.9. The molecule has 0 aliphatic carbocycles. The number of nitrogens with zero attached hydrogens (tertiary/aromatic N) is 4. The van der Waals surface area contributed by atoms with Crippen LogP contribution in [0, 0.1) is 13.8 Å². The van der Waals surface area contributed by atoms with E-state index in [9.17, 15) is 4.79 Å². The van der Waals surface area contributed by atoms with E-state index in [-0.39, 0.29) is 41.2 Å². The number of ether oxygens (including phenoxy) is 1. The van der Waals surface area contributed by atoms with E-state index in [2.05, 4.69) is 24.7 Å². The summed E-state index contributed by atoms with van der Waals surface area (Å²) in [6, 6.07) is 0. The van der Waals surface area contributed by atoms with Gasteiger partial charge in [0.1, 0.15) is 6.56 Å². The Hall–Kier alpha value is -1.35. The molecule has 0 atom stereocenters. The van der Waals surface area contributed by atoms with E-state index in [1.165, 1.54) is 19.5 Å². The summed E-state index contributed by atoms with van der Waals surface area (Å²) in [4.78, 5) is 25.5. The van der Waals surface area contributed by atoms with Crippen molar-refractivity contribution < 1.29 is 46.9 Å². The van der Waals surface area contributed by atoms with Crippen LogP contribution in [0.5, 0.6) is 0 Å². The maximum Gasteiger partial charge on any atom is 1.00 e. The second kappa shape index (κ2) is 12.2. The van der Waals surface area contributed by atoms with Crippen molar-refractivity contribution in [1.29, 1.82) is 5.34 Å². The number of carbonyl (C=O) groups is 1. The molecule has 0 aliphatic heterocycles. The van der Waals surface area contributed by atoms with Crippen LogP contribution in [0.25, 0.3) is 0 Å². The fraction of sp³-hybridized carbons (Fsp3) is 0.308. The van der Waals surface area contributed by atoms with E-state index >= 15 is 0 Å². The van der Waals surface area contributed by atoms with Gasteiger partial charge in [0.05, 0.1) is 9.85 Å². The Bertz CT molecular complexity index is 708. The van der Waals surface area contributed by atoms with E-state index in [4.69, 9.17) is 13.2 Å². The third-order valence-corrected chi connectivity index (χ3v) is 2.03. The Labute approximate surface area is 161 Å². The van der Waals surface area contributed by atoms with Crippen LogP contribution >= 0.6 is 0 Å². The molecule has 0 aliphatic rings. The average Bonchev–Trinajstić information content (AvgIpc) is 2.53. The molecule has 2 aromatic rings.